The van der Waals surface area contributed by atoms with E-state index in [-0.39, 0.29) is 18.1 Å². The molecule has 0 bridgehead atoms. The molecule has 1 aromatic rings. The molecule has 0 amide bonds. The van der Waals surface area contributed by atoms with Crippen molar-refractivity contribution >= 4 is 29.8 Å². The van der Waals surface area contributed by atoms with E-state index < -0.39 is 34.4 Å². The number of hydrogen-bond donors (Lipinski definition) is 2. The molecular formula is C10H10ClF3N2O4. The third-order valence-corrected chi connectivity index (χ3v) is 2.26. The number of benzene rings is 1. The number of nitro benzene ring substituents is 1. The number of alkyl halides is 3. The Morgan fingerprint density at radius 3 is 2.40 bits per heavy atom. The lowest BCUT2D eigenvalue weighted by atomic mass is 10.1. The summed E-state index contributed by atoms with van der Waals surface area (Å²) in [5.74, 6) is -1.28. The van der Waals surface area contributed by atoms with Crippen molar-refractivity contribution in [2.75, 3.05) is 5.32 Å². The number of nitrogens with one attached hydrogen (secondary N) is 1. The largest absolute Gasteiger partial charge is 0.480 e. The molecule has 1 rings (SSSR count). The lowest BCUT2D eigenvalue weighted by Gasteiger charge is -2.12. The molecule has 0 aromatic heterocycles. The molecule has 1 atom stereocenters. The van der Waals surface area contributed by atoms with Crippen LogP contribution in [0.1, 0.15) is 12.5 Å². The fourth-order valence-electron chi connectivity index (χ4n) is 1.28. The van der Waals surface area contributed by atoms with Gasteiger partial charge in [-0.3, -0.25) is 14.9 Å². The minimum atomic E-state index is -4.71. The van der Waals surface area contributed by atoms with E-state index in [9.17, 15) is 28.1 Å². The quantitative estimate of drug-likeness (QED) is 0.658. The molecule has 0 saturated carbocycles. The summed E-state index contributed by atoms with van der Waals surface area (Å²) >= 11 is 0. The van der Waals surface area contributed by atoms with E-state index >= 15 is 0 Å². The second-order valence-electron chi connectivity index (χ2n) is 3.69. The Balaban J connectivity index is 0.00000361. The second kappa shape index (κ2) is 6.42. The maximum Gasteiger partial charge on any atom is 0.416 e. The van der Waals surface area contributed by atoms with Crippen molar-refractivity contribution in [2.45, 2.75) is 19.1 Å². The Morgan fingerprint density at radius 1 is 1.45 bits per heavy atom. The van der Waals surface area contributed by atoms with E-state index in [0.29, 0.717) is 12.1 Å². The molecule has 6 nitrogen and oxygen atoms in total. The van der Waals surface area contributed by atoms with Crippen LogP contribution < -0.4 is 5.32 Å². The van der Waals surface area contributed by atoms with Crippen molar-refractivity contribution in [1.82, 2.24) is 0 Å². The van der Waals surface area contributed by atoms with Gasteiger partial charge in [0, 0.05) is 6.07 Å². The Hall–Kier alpha value is -2.03. The van der Waals surface area contributed by atoms with Crippen molar-refractivity contribution in [3.63, 3.8) is 0 Å². The summed E-state index contributed by atoms with van der Waals surface area (Å²) in [5, 5.41) is 21.6. The number of hydrogen-bond acceptors (Lipinski definition) is 4. The molecule has 20 heavy (non-hydrogen) atoms. The van der Waals surface area contributed by atoms with Gasteiger partial charge in [-0.15, -0.1) is 12.4 Å². The number of carboxylic acids is 1. The number of carboxylic acid groups (broad SMARTS) is 1. The molecule has 1 aromatic carbocycles. The topological polar surface area (TPSA) is 92.5 Å². The molecular weight excluding hydrogens is 305 g/mol. The zero-order valence-corrected chi connectivity index (χ0v) is 10.8. The molecule has 0 saturated heterocycles. The summed E-state index contributed by atoms with van der Waals surface area (Å²) in [7, 11) is 0. The van der Waals surface area contributed by atoms with E-state index in [1.807, 2.05) is 0 Å². The first-order valence-electron chi connectivity index (χ1n) is 4.98. The van der Waals surface area contributed by atoms with Crippen LogP contribution in [0.2, 0.25) is 0 Å². The third kappa shape index (κ3) is 4.26. The van der Waals surface area contributed by atoms with Gasteiger partial charge >= 0.3 is 12.1 Å². The van der Waals surface area contributed by atoms with Gasteiger partial charge in [-0.1, -0.05) is 0 Å². The number of anilines is 1. The summed E-state index contributed by atoms with van der Waals surface area (Å²) in [6.45, 7) is 1.21. The normalized spacial score (nSPS) is 12.2. The van der Waals surface area contributed by atoms with Crippen molar-refractivity contribution in [2.24, 2.45) is 0 Å². The molecule has 2 N–H and O–H groups in total. The van der Waals surface area contributed by atoms with Gasteiger partial charge < -0.3 is 10.4 Å². The summed E-state index contributed by atoms with van der Waals surface area (Å²) in [4.78, 5) is 20.3. The highest BCUT2D eigenvalue weighted by molar-refractivity contribution is 5.85. The Labute approximate surface area is 117 Å². The van der Waals surface area contributed by atoms with Crippen LogP contribution in [0.25, 0.3) is 0 Å². The summed E-state index contributed by atoms with van der Waals surface area (Å²) < 4.78 is 37.2. The van der Waals surface area contributed by atoms with Crippen molar-refractivity contribution in [3.8, 4) is 0 Å². The van der Waals surface area contributed by atoms with E-state index in [1.54, 1.807) is 0 Å². The number of nitro groups is 1. The molecule has 1 unspecified atom stereocenters. The minimum absolute atomic E-state index is 0. The van der Waals surface area contributed by atoms with Crippen molar-refractivity contribution in [1.29, 1.82) is 0 Å². The van der Waals surface area contributed by atoms with Gasteiger partial charge in [0.15, 0.2) is 0 Å². The monoisotopic (exact) mass is 314 g/mol. The smallest absolute Gasteiger partial charge is 0.416 e. The molecule has 0 aliphatic carbocycles. The van der Waals surface area contributed by atoms with Crippen molar-refractivity contribution < 1.29 is 28.0 Å². The van der Waals surface area contributed by atoms with Gasteiger partial charge in [-0.05, 0) is 19.1 Å². The van der Waals surface area contributed by atoms with E-state index in [4.69, 9.17) is 5.11 Å². The van der Waals surface area contributed by atoms with Crippen LogP contribution in [0.3, 0.4) is 0 Å². The van der Waals surface area contributed by atoms with Gasteiger partial charge in [0.1, 0.15) is 11.7 Å². The first-order valence-corrected chi connectivity index (χ1v) is 4.98. The standard InChI is InChI=1S/C10H9F3N2O4.ClH/c1-5(9(16)17)14-7-3-2-6(10(11,12)13)4-8(7)15(18)19;/h2-5,14H,1H3,(H,16,17);1H. The van der Waals surface area contributed by atoms with Crippen molar-refractivity contribution in [3.05, 3.63) is 33.9 Å². The zero-order valence-electron chi connectivity index (χ0n) is 9.97. The fraction of sp³-hybridized carbons (Fsp3) is 0.300. The van der Waals surface area contributed by atoms with Crippen LogP contribution in [0.15, 0.2) is 18.2 Å². The minimum Gasteiger partial charge on any atom is -0.480 e. The zero-order chi connectivity index (χ0) is 14.8. The maximum atomic E-state index is 12.4. The molecule has 10 heteroatoms. The molecule has 0 spiro atoms. The average molecular weight is 315 g/mol. The lowest BCUT2D eigenvalue weighted by molar-refractivity contribution is -0.384. The Bertz CT molecular complexity index is 522. The number of nitrogens with zero attached hydrogens (tertiary/aromatic N) is 1. The highest BCUT2D eigenvalue weighted by Crippen LogP contribution is 2.35. The molecule has 112 valence electrons. The van der Waals surface area contributed by atoms with Crippen LogP contribution in [0.5, 0.6) is 0 Å². The van der Waals surface area contributed by atoms with Crippen LogP contribution in [0.4, 0.5) is 24.5 Å². The summed E-state index contributed by atoms with van der Waals surface area (Å²) in [6.07, 6.45) is -4.71. The SMILES string of the molecule is CC(Nc1ccc(C(F)(F)F)cc1[N+](=O)[O-])C(=O)O.Cl. The molecule has 0 aliphatic rings. The van der Waals surface area contributed by atoms with Gasteiger partial charge in [0.2, 0.25) is 0 Å². The fourth-order valence-corrected chi connectivity index (χ4v) is 1.28. The second-order valence-corrected chi connectivity index (χ2v) is 3.69. The Kier molecular flexibility index (Phi) is 5.77. The number of carbonyl (C=O) groups is 1. The predicted molar refractivity (Wildman–Crippen MR) is 66.1 cm³/mol. The van der Waals surface area contributed by atoms with Crippen LogP contribution in [0, 0.1) is 10.1 Å². The summed E-state index contributed by atoms with van der Waals surface area (Å²) in [6, 6.07) is 0.664. The van der Waals surface area contributed by atoms with Crippen LogP contribution >= 0.6 is 12.4 Å². The Morgan fingerprint density at radius 2 is 2.00 bits per heavy atom. The molecule has 0 aliphatic heterocycles. The van der Waals surface area contributed by atoms with Gasteiger partial charge in [0.25, 0.3) is 5.69 Å². The van der Waals surface area contributed by atoms with Gasteiger partial charge in [-0.2, -0.15) is 13.2 Å². The summed E-state index contributed by atoms with van der Waals surface area (Å²) in [5.41, 5.74) is -2.29. The first-order chi connectivity index (χ1) is 8.62. The third-order valence-electron chi connectivity index (χ3n) is 2.26. The average Bonchev–Trinajstić information content (AvgIpc) is 2.27. The van der Waals surface area contributed by atoms with Crippen LogP contribution in [-0.2, 0) is 11.0 Å². The van der Waals surface area contributed by atoms with E-state index in [0.717, 1.165) is 6.07 Å². The molecule has 0 fully saturated rings. The predicted octanol–water partition coefficient (Wildman–Crippen LogP) is 2.92. The first kappa shape index (κ1) is 18.0. The van der Waals surface area contributed by atoms with E-state index in [2.05, 4.69) is 5.32 Å². The number of halogens is 4. The van der Waals surface area contributed by atoms with E-state index in [1.165, 1.54) is 6.92 Å². The highest BCUT2D eigenvalue weighted by atomic mass is 35.5. The highest BCUT2D eigenvalue weighted by Gasteiger charge is 2.33. The molecule has 0 heterocycles. The number of rotatable bonds is 4. The maximum absolute atomic E-state index is 12.4. The van der Waals surface area contributed by atoms with Crippen LogP contribution in [-0.4, -0.2) is 22.0 Å². The number of aliphatic carboxylic acids is 1. The van der Waals surface area contributed by atoms with Gasteiger partial charge in [-0.25, -0.2) is 0 Å². The van der Waals surface area contributed by atoms with Gasteiger partial charge in [0.05, 0.1) is 10.5 Å². The molecule has 0 radical (unpaired) electrons. The lowest BCUT2D eigenvalue weighted by Crippen LogP contribution is -2.25.